The van der Waals surface area contributed by atoms with Crippen LogP contribution in [0.4, 0.5) is 0 Å². The van der Waals surface area contributed by atoms with Crippen molar-refractivity contribution in [1.82, 2.24) is 4.98 Å². The maximum absolute atomic E-state index is 11.2. The Morgan fingerprint density at radius 1 is 1.45 bits per heavy atom. The number of thiophene rings is 1. The summed E-state index contributed by atoms with van der Waals surface area (Å²) in [5, 5.41) is 12.2. The molecule has 0 aliphatic heterocycles. The molecule has 0 aromatic carbocycles. The van der Waals surface area contributed by atoms with Crippen molar-refractivity contribution in [2.45, 2.75) is 39.7 Å². The molecule has 4 nitrogen and oxygen atoms in total. The number of carbonyl (C=O) groups is 1. The summed E-state index contributed by atoms with van der Waals surface area (Å²) >= 11 is 2.90. The zero-order chi connectivity index (χ0) is 14.5. The fraction of sp³-hybridized carbons (Fsp3) is 0.429. The average Bonchev–Trinajstić information content (AvgIpc) is 3.03. The molecular weight excluding hydrogens is 294 g/mol. The fourth-order valence-corrected chi connectivity index (χ4v) is 3.55. The number of ether oxygens (including phenoxy) is 1. The molecule has 0 aliphatic carbocycles. The van der Waals surface area contributed by atoms with Crippen LogP contribution in [-0.4, -0.2) is 16.1 Å². The van der Waals surface area contributed by atoms with E-state index in [0.717, 1.165) is 34.8 Å². The van der Waals surface area contributed by atoms with Crippen molar-refractivity contribution in [3.63, 3.8) is 0 Å². The molecule has 0 fully saturated rings. The van der Waals surface area contributed by atoms with Gasteiger partial charge in [0.2, 0.25) is 0 Å². The molecule has 2 aromatic heterocycles. The van der Waals surface area contributed by atoms with Crippen LogP contribution in [0.25, 0.3) is 0 Å². The lowest BCUT2D eigenvalue weighted by molar-refractivity contribution is 0.0697. The normalized spacial score (nSPS) is 10.7. The molecule has 20 heavy (non-hydrogen) atoms. The lowest BCUT2D eigenvalue weighted by Gasteiger charge is -2.02. The van der Waals surface area contributed by atoms with Crippen LogP contribution < -0.4 is 4.74 Å². The fourth-order valence-electron chi connectivity index (χ4n) is 1.78. The topological polar surface area (TPSA) is 59.4 Å². The van der Waals surface area contributed by atoms with Gasteiger partial charge in [0.15, 0.2) is 4.88 Å². The van der Waals surface area contributed by atoms with Gasteiger partial charge in [0.05, 0.1) is 10.7 Å². The number of rotatable bonds is 7. The summed E-state index contributed by atoms with van der Waals surface area (Å²) in [5.41, 5.74) is 0.853. The second-order valence-electron chi connectivity index (χ2n) is 4.34. The smallest absolute Gasteiger partial charge is 0.349 e. The SMILES string of the molecule is CCCc1cc(OCc2csc(CC)n2)c(C(=O)O)s1. The minimum absolute atomic E-state index is 0.277. The third kappa shape index (κ3) is 3.58. The quantitative estimate of drug-likeness (QED) is 0.839. The van der Waals surface area contributed by atoms with Gasteiger partial charge < -0.3 is 9.84 Å². The first-order chi connectivity index (χ1) is 9.63. The molecule has 0 aliphatic rings. The van der Waals surface area contributed by atoms with E-state index in [-0.39, 0.29) is 4.88 Å². The van der Waals surface area contributed by atoms with Crippen LogP contribution in [0.1, 0.15) is 45.5 Å². The van der Waals surface area contributed by atoms with E-state index in [0.29, 0.717) is 12.4 Å². The highest BCUT2D eigenvalue weighted by Gasteiger charge is 2.17. The van der Waals surface area contributed by atoms with Gasteiger partial charge in [-0.25, -0.2) is 9.78 Å². The minimum atomic E-state index is -0.931. The van der Waals surface area contributed by atoms with E-state index >= 15 is 0 Å². The summed E-state index contributed by atoms with van der Waals surface area (Å²) in [6, 6.07) is 1.84. The number of aromatic nitrogens is 1. The standard InChI is InChI=1S/C14H17NO3S2/c1-3-5-10-6-11(13(20-10)14(16)17)18-7-9-8-19-12(4-2)15-9/h6,8H,3-5,7H2,1-2H3,(H,16,17). The van der Waals surface area contributed by atoms with Crippen molar-refractivity contribution in [2.75, 3.05) is 0 Å². The maximum Gasteiger partial charge on any atom is 0.349 e. The lowest BCUT2D eigenvalue weighted by atomic mass is 10.3. The van der Waals surface area contributed by atoms with Crippen LogP contribution in [-0.2, 0) is 19.4 Å². The number of aromatic carboxylic acids is 1. The zero-order valence-electron chi connectivity index (χ0n) is 11.5. The van der Waals surface area contributed by atoms with Crippen LogP contribution in [0.15, 0.2) is 11.4 Å². The summed E-state index contributed by atoms with van der Waals surface area (Å²) in [6.07, 6.45) is 2.78. The largest absolute Gasteiger partial charge is 0.485 e. The summed E-state index contributed by atoms with van der Waals surface area (Å²) in [6.45, 7) is 4.45. The number of carboxylic acid groups (broad SMARTS) is 1. The number of aryl methyl sites for hydroxylation is 2. The number of hydrogen-bond donors (Lipinski definition) is 1. The Balaban J connectivity index is 2.09. The van der Waals surface area contributed by atoms with Gasteiger partial charge in [-0.05, 0) is 18.9 Å². The first kappa shape index (κ1) is 15.0. The summed E-state index contributed by atoms with van der Waals surface area (Å²) < 4.78 is 5.64. The Morgan fingerprint density at radius 2 is 2.25 bits per heavy atom. The number of carboxylic acids is 1. The van der Waals surface area contributed by atoms with E-state index in [9.17, 15) is 9.90 Å². The van der Waals surface area contributed by atoms with Crippen molar-refractivity contribution >= 4 is 28.6 Å². The van der Waals surface area contributed by atoms with Crippen LogP contribution in [0, 0.1) is 0 Å². The second kappa shape index (κ2) is 6.85. The van der Waals surface area contributed by atoms with Gasteiger partial charge in [-0.3, -0.25) is 0 Å². The summed E-state index contributed by atoms with van der Waals surface area (Å²) in [5.74, 6) is -0.475. The third-order valence-corrected chi connectivity index (χ3v) is 4.92. The molecule has 1 N–H and O–H groups in total. The van der Waals surface area contributed by atoms with Gasteiger partial charge >= 0.3 is 5.97 Å². The minimum Gasteiger partial charge on any atom is -0.485 e. The molecule has 6 heteroatoms. The molecule has 0 radical (unpaired) electrons. The third-order valence-electron chi connectivity index (χ3n) is 2.72. The van der Waals surface area contributed by atoms with Crippen molar-refractivity contribution < 1.29 is 14.6 Å². The Morgan fingerprint density at radius 3 is 2.85 bits per heavy atom. The predicted octanol–water partition coefficient (Wildman–Crippen LogP) is 4.00. The van der Waals surface area contributed by atoms with Crippen LogP contribution in [0.2, 0.25) is 0 Å². The highest BCUT2D eigenvalue weighted by atomic mass is 32.1. The molecule has 0 amide bonds. The molecule has 0 saturated carbocycles. The highest BCUT2D eigenvalue weighted by molar-refractivity contribution is 7.14. The van der Waals surface area contributed by atoms with E-state index in [4.69, 9.17) is 4.74 Å². The van der Waals surface area contributed by atoms with E-state index in [1.54, 1.807) is 11.3 Å². The first-order valence-electron chi connectivity index (χ1n) is 6.56. The van der Waals surface area contributed by atoms with Crippen LogP contribution >= 0.6 is 22.7 Å². The average molecular weight is 311 g/mol. The molecule has 2 aromatic rings. The number of hydrogen-bond acceptors (Lipinski definition) is 5. The lowest BCUT2D eigenvalue weighted by Crippen LogP contribution is -2.00. The van der Waals surface area contributed by atoms with Gasteiger partial charge in [0, 0.05) is 10.3 Å². The van der Waals surface area contributed by atoms with Crippen molar-refractivity contribution in [3.8, 4) is 5.75 Å². The summed E-state index contributed by atoms with van der Waals surface area (Å²) in [4.78, 5) is 17.0. The molecule has 0 atom stereocenters. The Bertz CT molecular complexity index is 589. The summed E-state index contributed by atoms with van der Waals surface area (Å²) in [7, 11) is 0. The van der Waals surface area contributed by atoms with Crippen LogP contribution in [0.3, 0.4) is 0 Å². The Kier molecular flexibility index (Phi) is 5.14. The van der Waals surface area contributed by atoms with Gasteiger partial charge in [-0.15, -0.1) is 22.7 Å². The molecule has 0 spiro atoms. The zero-order valence-corrected chi connectivity index (χ0v) is 13.1. The van der Waals surface area contributed by atoms with E-state index in [1.807, 2.05) is 11.4 Å². The monoisotopic (exact) mass is 311 g/mol. The van der Waals surface area contributed by atoms with E-state index in [2.05, 4.69) is 18.8 Å². The maximum atomic E-state index is 11.2. The van der Waals surface area contributed by atoms with Crippen molar-refractivity contribution in [1.29, 1.82) is 0 Å². The van der Waals surface area contributed by atoms with Crippen LogP contribution in [0.5, 0.6) is 5.75 Å². The molecular formula is C14H17NO3S2. The van der Waals surface area contributed by atoms with Crippen molar-refractivity contribution in [2.24, 2.45) is 0 Å². The Hall–Kier alpha value is -1.40. The first-order valence-corrected chi connectivity index (χ1v) is 8.25. The van der Waals surface area contributed by atoms with Gasteiger partial charge in [0.1, 0.15) is 12.4 Å². The molecule has 0 unspecified atom stereocenters. The molecule has 108 valence electrons. The second-order valence-corrected chi connectivity index (χ2v) is 6.42. The molecule has 2 heterocycles. The van der Waals surface area contributed by atoms with E-state index < -0.39 is 5.97 Å². The van der Waals surface area contributed by atoms with Crippen molar-refractivity contribution in [3.05, 3.63) is 31.9 Å². The molecule has 0 bridgehead atoms. The molecule has 0 saturated heterocycles. The molecule has 2 rings (SSSR count). The van der Waals surface area contributed by atoms with Gasteiger partial charge in [-0.2, -0.15) is 0 Å². The van der Waals surface area contributed by atoms with Gasteiger partial charge in [0.25, 0.3) is 0 Å². The van der Waals surface area contributed by atoms with Gasteiger partial charge in [-0.1, -0.05) is 20.3 Å². The number of thiazole rings is 1. The Labute approximate surface area is 126 Å². The number of nitrogens with zero attached hydrogens (tertiary/aromatic N) is 1. The van der Waals surface area contributed by atoms with E-state index in [1.165, 1.54) is 11.3 Å². The predicted molar refractivity (Wildman–Crippen MR) is 81.1 cm³/mol. The highest BCUT2D eigenvalue weighted by Crippen LogP contribution is 2.31.